The average molecular weight is 466 g/mol. The smallest absolute Gasteiger partial charge is 0.300 e. The first-order valence-electron chi connectivity index (χ1n) is 8.22. The van der Waals surface area contributed by atoms with Gasteiger partial charge in [-0.2, -0.15) is 4.31 Å². The summed E-state index contributed by atoms with van der Waals surface area (Å²) < 4.78 is 27.6. The normalized spacial score (nSPS) is 15.5. The van der Waals surface area contributed by atoms with Crippen LogP contribution in [-0.4, -0.2) is 67.2 Å². The van der Waals surface area contributed by atoms with Crippen molar-refractivity contribution in [2.24, 2.45) is 0 Å². The van der Waals surface area contributed by atoms with Gasteiger partial charge in [-0.05, 0) is 6.92 Å². The van der Waals surface area contributed by atoms with E-state index in [1.54, 1.807) is 6.92 Å². The fraction of sp³-hybridized carbons (Fsp3) is 0.571. The molecule has 1 aliphatic heterocycles. The van der Waals surface area contributed by atoms with Crippen molar-refractivity contribution in [1.29, 1.82) is 0 Å². The monoisotopic (exact) mass is 465 g/mol. The molecular formula is C14H20BrN5O6S. The molecule has 1 fully saturated rings. The highest BCUT2D eigenvalue weighted by Crippen LogP contribution is 2.40. The number of anilines is 1. The van der Waals surface area contributed by atoms with Crippen LogP contribution in [0.1, 0.15) is 6.92 Å². The van der Waals surface area contributed by atoms with E-state index in [1.165, 1.54) is 9.21 Å². The lowest BCUT2D eigenvalue weighted by Crippen LogP contribution is -2.46. The minimum atomic E-state index is -4.15. The number of alkyl halides is 1. The zero-order valence-electron chi connectivity index (χ0n) is 14.6. The fourth-order valence-electron chi connectivity index (χ4n) is 2.89. The molecule has 0 saturated carbocycles. The van der Waals surface area contributed by atoms with Gasteiger partial charge >= 0.3 is 5.69 Å². The second-order valence-electron chi connectivity index (χ2n) is 5.75. The van der Waals surface area contributed by atoms with E-state index in [9.17, 15) is 28.6 Å². The average Bonchev–Trinajstić information content (AvgIpc) is 2.65. The van der Waals surface area contributed by atoms with E-state index >= 15 is 0 Å². The van der Waals surface area contributed by atoms with E-state index in [-0.39, 0.29) is 18.8 Å². The maximum absolute atomic E-state index is 13.2. The third kappa shape index (κ3) is 4.54. The SMILES string of the molecule is CCN(CCBr)c1c([N+](=O)[O-])cc([N+](=O)[O-])cc1S(=O)(=O)N1CCNCC1. The highest BCUT2D eigenvalue weighted by Gasteiger charge is 2.36. The maximum atomic E-state index is 13.2. The molecule has 1 saturated heterocycles. The number of nitro groups is 2. The molecule has 2 rings (SSSR count). The van der Waals surface area contributed by atoms with Crippen LogP contribution < -0.4 is 10.2 Å². The fourth-order valence-corrected chi connectivity index (χ4v) is 5.01. The number of halogens is 1. The number of non-ortho nitro benzene ring substituents is 1. The molecular weight excluding hydrogens is 446 g/mol. The summed E-state index contributed by atoms with van der Waals surface area (Å²) in [7, 11) is -4.15. The number of sulfonamides is 1. The Labute approximate surface area is 164 Å². The highest BCUT2D eigenvalue weighted by atomic mass is 79.9. The van der Waals surface area contributed by atoms with E-state index in [0.717, 1.165) is 12.1 Å². The molecule has 11 nitrogen and oxygen atoms in total. The Morgan fingerprint density at radius 1 is 1.22 bits per heavy atom. The van der Waals surface area contributed by atoms with Crippen molar-refractivity contribution < 1.29 is 18.3 Å². The molecule has 0 spiro atoms. The van der Waals surface area contributed by atoms with Crippen LogP contribution in [0.4, 0.5) is 17.1 Å². The van der Waals surface area contributed by atoms with Gasteiger partial charge in [-0.3, -0.25) is 20.2 Å². The summed E-state index contributed by atoms with van der Waals surface area (Å²) in [5.74, 6) is 0. The topological polar surface area (TPSA) is 139 Å². The van der Waals surface area contributed by atoms with Gasteiger partial charge in [0.25, 0.3) is 5.69 Å². The number of hydrogen-bond donors (Lipinski definition) is 1. The standard InChI is InChI=1S/C14H20BrN5O6S/c1-2-17(6-3-15)14-12(20(23)24)9-11(19(21)22)10-13(14)27(25,26)18-7-4-16-5-8-18/h9-10,16H,2-8H2,1H3. The largest absolute Gasteiger partial charge is 0.364 e. The minimum Gasteiger partial charge on any atom is -0.364 e. The van der Waals surface area contributed by atoms with E-state index in [2.05, 4.69) is 21.2 Å². The number of hydrogen-bond acceptors (Lipinski definition) is 8. The molecule has 1 aromatic carbocycles. The van der Waals surface area contributed by atoms with Crippen LogP contribution in [0.3, 0.4) is 0 Å². The highest BCUT2D eigenvalue weighted by molar-refractivity contribution is 9.09. The third-order valence-corrected chi connectivity index (χ3v) is 6.46. The van der Waals surface area contributed by atoms with Crippen LogP contribution in [0.5, 0.6) is 0 Å². The molecule has 0 bridgehead atoms. The predicted molar refractivity (Wildman–Crippen MR) is 103 cm³/mol. The number of nitrogens with one attached hydrogen (secondary N) is 1. The molecule has 1 aromatic rings. The lowest BCUT2D eigenvalue weighted by Gasteiger charge is -2.29. The Morgan fingerprint density at radius 2 is 1.85 bits per heavy atom. The van der Waals surface area contributed by atoms with E-state index in [0.29, 0.717) is 31.5 Å². The van der Waals surface area contributed by atoms with Gasteiger partial charge in [0.05, 0.1) is 15.9 Å². The van der Waals surface area contributed by atoms with Crippen molar-refractivity contribution in [2.45, 2.75) is 11.8 Å². The van der Waals surface area contributed by atoms with Crippen LogP contribution in [0.2, 0.25) is 0 Å². The van der Waals surface area contributed by atoms with Gasteiger partial charge in [0.15, 0.2) is 0 Å². The van der Waals surface area contributed by atoms with Gasteiger partial charge in [-0.1, -0.05) is 15.9 Å². The number of nitrogens with zero attached hydrogens (tertiary/aromatic N) is 4. The number of piperazine rings is 1. The molecule has 0 amide bonds. The second-order valence-corrected chi connectivity index (χ2v) is 8.45. The van der Waals surface area contributed by atoms with Crippen molar-refractivity contribution in [3.8, 4) is 0 Å². The Bertz CT molecular complexity index is 828. The van der Waals surface area contributed by atoms with E-state index in [1.807, 2.05) is 0 Å². The summed E-state index contributed by atoms with van der Waals surface area (Å²) >= 11 is 3.25. The predicted octanol–water partition coefficient (Wildman–Crippen LogP) is 1.32. The second kappa shape index (κ2) is 8.91. The zero-order valence-corrected chi connectivity index (χ0v) is 17.0. The summed E-state index contributed by atoms with van der Waals surface area (Å²) in [5, 5.41) is 26.3. The molecule has 0 aliphatic carbocycles. The van der Waals surface area contributed by atoms with Crippen molar-refractivity contribution in [3.05, 3.63) is 32.4 Å². The van der Waals surface area contributed by atoms with E-state index in [4.69, 9.17) is 0 Å². The van der Waals surface area contributed by atoms with Gasteiger partial charge in [-0.25, -0.2) is 8.42 Å². The first-order valence-corrected chi connectivity index (χ1v) is 10.8. The van der Waals surface area contributed by atoms with Gasteiger partial charge in [0.2, 0.25) is 10.0 Å². The summed E-state index contributed by atoms with van der Waals surface area (Å²) in [6.07, 6.45) is 0. The Morgan fingerprint density at radius 3 is 2.33 bits per heavy atom. The van der Waals surface area contributed by atoms with Crippen LogP contribution in [0, 0.1) is 20.2 Å². The summed E-state index contributed by atoms with van der Waals surface area (Å²) in [6.45, 7) is 3.57. The number of rotatable bonds is 8. The molecule has 0 atom stereocenters. The molecule has 13 heteroatoms. The number of nitro benzene ring substituents is 2. The number of benzene rings is 1. The molecule has 1 N–H and O–H groups in total. The molecule has 27 heavy (non-hydrogen) atoms. The third-order valence-electron chi connectivity index (χ3n) is 4.19. The molecule has 0 aromatic heterocycles. The lowest BCUT2D eigenvalue weighted by molar-refractivity contribution is -0.394. The zero-order chi connectivity index (χ0) is 20.2. The quantitative estimate of drug-likeness (QED) is 0.344. The molecule has 150 valence electrons. The van der Waals surface area contributed by atoms with Gasteiger partial charge in [0.1, 0.15) is 10.6 Å². The summed E-state index contributed by atoms with van der Waals surface area (Å²) in [4.78, 5) is 22.4. The van der Waals surface area contributed by atoms with Crippen molar-refractivity contribution in [3.63, 3.8) is 0 Å². The van der Waals surface area contributed by atoms with Gasteiger partial charge in [-0.15, -0.1) is 0 Å². The van der Waals surface area contributed by atoms with Crippen LogP contribution >= 0.6 is 15.9 Å². The molecule has 0 radical (unpaired) electrons. The van der Waals surface area contributed by atoms with Crippen molar-refractivity contribution in [2.75, 3.05) is 49.5 Å². The van der Waals surface area contributed by atoms with Crippen molar-refractivity contribution in [1.82, 2.24) is 9.62 Å². The maximum Gasteiger partial charge on any atom is 0.300 e. The summed E-state index contributed by atoms with van der Waals surface area (Å²) in [6, 6.07) is 1.72. The molecule has 0 unspecified atom stereocenters. The molecule has 1 aliphatic rings. The summed E-state index contributed by atoms with van der Waals surface area (Å²) in [5.41, 5.74) is -1.35. The Kier molecular flexibility index (Phi) is 7.08. The first kappa shape index (κ1) is 21.5. The van der Waals surface area contributed by atoms with Crippen LogP contribution in [-0.2, 0) is 10.0 Å². The molecule has 1 heterocycles. The van der Waals surface area contributed by atoms with Gasteiger partial charge < -0.3 is 10.2 Å². The lowest BCUT2D eigenvalue weighted by atomic mass is 10.2. The Balaban J connectivity index is 2.78. The van der Waals surface area contributed by atoms with Crippen molar-refractivity contribution >= 4 is 43.0 Å². The van der Waals surface area contributed by atoms with Crippen LogP contribution in [0.25, 0.3) is 0 Å². The minimum absolute atomic E-state index is 0.119. The van der Waals surface area contributed by atoms with E-state index < -0.39 is 36.1 Å². The Hall–Kier alpha value is -1.83. The van der Waals surface area contributed by atoms with Gasteiger partial charge in [0, 0.05) is 50.7 Å². The van der Waals surface area contributed by atoms with Crippen LogP contribution in [0.15, 0.2) is 17.0 Å². The first-order chi connectivity index (χ1) is 12.7.